The molecule has 1 rings (SSSR count). The molecule has 1 heterocycles. The molecule has 0 radical (unpaired) electrons. The Morgan fingerprint density at radius 3 is 2.50 bits per heavy atom. The van der Waals surface area contributed by atoms with Crippen molar-refractivity contribution in [1.29, 1.82) is 0 Å². The zero-order valence-electron chi connectivity index (χ0n) is 5.31. The van der Waals surface area contributed by atoms with E-state index < -0.39 is 0 Å². The van der Waals surface area contributed by atoms with Crippen molar-refractivity contribution in [2.24, 2.45) is 6.55 Å². The van der Waals surface area contributed by atoms with E-state index in [9.17, 15) is 0 Å². The normalized spacial score (nSPS) is 9.25. The van der Waals surface area contributed by atoms with Gasteiger partial charge in [0, 0.05) is 8.40 Å². The molecule has 0 N–H and O–H groups in total. The Labute approximate surface area is 51.7 Å². The van der Waals surface area contributed by atoms with Crippen molar-refractivity contribution in [3.63, 3.8) is 0 Å². The molecule has 0 aliphatic rings. The highest BCUT2D eigenvalue weighted by molar-refractivity contribution is 6.50. The van der Waals surface area contributed by atoms with Gasteiger partial charge in [-0.2, -0.15) is 0 Å². The average Bonchev–Trinajstić information content (AvgIpc) is 1.77. The summed E-state index contributed by atoms with van der Waals surface area (Å²) in [6, 6.07) is 6.45. The molecule has 0 aliphatic heterocycles. The minimum absolute atomic E-state index is 0.221. The van der Waals surface area contributed by atoms with Gasteiger partial charge >= 0.3 is 0 Å². The summed E-state index contributed by atoms with van der Waals surface area (Å²) in [6.07, 6.45) is 0. The number of hydrogen-bond donors (Lipinski definition) is 0. The quantitative estimate of drug-likeness (QED) is 0.458. The average molecular weight is 122 g/mol. The first-order valence-electron chi connectivity index (χ1n) is 2.83. The Balaban J connectivity index is 3.13. The van der Waals surface area contributed by atoms with E-state index in [-0.39, 0.29) is 8.40 Å². The number of rotatable bonds is 0. The van der Waals surface area contributed by atoms with Crippen LogP contribution in [0.1, 0.15) is 5.17 Å². The van der Waals surface area contributed by atoms with Crippen LogP contribution in [0.4, 0.5) is 0 Å². The lowest BCUT2D eigenvalue weighted by Gasteiger charge is -1.92. The van der Waals surface area contributed by atoms with Crippen LogP contribution in [-0.2, 0) is 6.55 Å². The summed E-state index contributed by atoms with van der Waals surface area (Å²) in [5, 5.41) is 1.55. The first kappa shape index (κ1) is 5.70. The van der Waals surface area contributed by atoms with E-state index in [0.717, 1.165) is 0 Å². The Kier molecular flexibility index (Phi) is 1.58. The molecule has 0 spiro atoms. The molecule has 1 aromatic heterocycles. The number of aryl methyl sites for hydroxylation is 2. The van der Waals surface area contributed by atoms with Crippen molar-refractivity contribution in [1.82, 2.24) is 0 Å². The van der Waals surface area contributed by atoms with Crippen LogP contribution in [-0.4, -0.2) is 8.40 Å². The summed E-state index contributed by atoms with van der Waals surface area (Å²) in [4.78, 5) is 0. The lowest BCUT2D eigenvalue weighted by Crippen LogP contribution is -1.94. The third-order valence-corrected chi connectivity index (χ3v) is 3.53. The van der Waals surface area contributed by atoms with Crippen LogP contribution < -0.4 is 0 Å². The SMILES string of the molecule is Cc1cccc[si]1C. The summed E-state index contributed by atoms with van der Waals surface area (Å²) in [5.74, 6) is 0. The highest BCUT2D eigenvalue weighted by Gasteiger charge is 1.85. The lowest BCUT2D eigenvalue weighted by molar-refractivity contribution is 1.56. The molecule has 0 nitrogen and oxygen atoms in total. The maximum Gasteiger partial charge on any atom is 0.0368 e. The Hall–Kier alpha value is -0.433. The third kappa shape index (κ3) is 1.04. The minimum atomic E-state index is -0.221. The van der Waals surface area contributed by atoms with E-state index in [0.29, 0.717) is 0 Å². The minimum Gasteiger partial charge on any atom is -0.0778 e. The maximum absolute atomic E-state index is 2.31. The second-order valence-electron chi connectivity index (χ2n) is 2.08. The van der Waals surface area contributed by atoms with E-state index in [2.05, 4.69) is 37.3 Å². The molecular formula is C7H10Si. The van der Waals surface area contributed by atoms with Crippen LogP contribution in [0.5, 0.6) is 0 Å². The van der Waals surface area contributed by atoms with Gasteiger partial charge in [0.25, 0.3) is 0 Å². The van der Waals surface area contributed by atoms with Gasteiger partial charge in [0.05, 0.1) is 0 Å². The molecule has 8 heavy (non-hydrogen) atoms. The molecule has 0 aromatic carbocycles. The Bertz CT molecular complexity index is 160. The number of hydrogen-bond acceptors (Lipinski definition) is 0. The van der Waals surface area contributed by atoms with E-state index in [1.165, 1.54) is 0 Å². The fourth-order valence-electron chi connectivity index (χ4n) is 0.663. The predicted octanol–water partition coefficient (Wildman–Crippen LogP) is 1.56. The first-order chi connectivity index (χ1) is 3.80. The maximum atomic E-state index is 2.31. The largest absolute Gasteiger partial charge is 0.0778 e. The van der Waals surface area contributed by atoms with Gasteiger partial charge in [0.1, 0.15) is 0 Å². The molecule has 0 bridgehead atoms. The second-order valence-corrected chi connectivity index (χ2v) is 4.57. The molecular weight excluding hydrogens is 112 g/mol. The second kappa shape index (κ2) is 2.22. The van der Waals surface area contributed by atoms with E-state index in [1.54, 1.807) is 5.17 Å². The molecule has 1 aromatic rings. The van der Waals surface area contributed by atoms with Crippen molar-refractivity contribution in [3.05, 3.63) is 29.1 Å². The van der Waals surface area contributed by atoms with Crippen LogP contribution in [0.15, 0.2) is 23.9 Å². The van der Waals surface area contributed by atoms with Crippen molar-refractivity contribution >= 4 is 8.40 Å². The predicted molar refractivity (Wildman–Crippen MR) is 38.1 cm³/mol. The molecule has 0 amide bonds. The van der Waals surface area contributed by atoms with E-state index in [1.807, 2.05) is 0 Å². The molecule has 0 saturated carbocycles. The van der Waals surface area contributed by atoms with Crippen LogP contribution in [0.2, 0.25) is 0 Å². The van der Waals surface area contributed by atoms with Crippen molar-refractivity contribution in [2.45, 2.75) is 6.92 Å². The fourth-order valence-corrected chi connectivity index (χ4v) is 1.68. The summed E-state index contributed by atoms with van der Waals surface area (Å²) >= 11 is 0. The van der Waals surface area contributed by atoms with Crippen molar-refractivity contribution < 1.29 is 0 Å². The monoisotopic (exact) mass is 122 g/mol. The highest BCUT2D eigenvalue weighted by Crippen LogP contribution is 1.91. The molecule has 0 saturated heterocycles. The smallest absolute Gasteiger partial charge is 0.0368 e. The Morgan fingerprint density at radius 1 is 1.38 bits per heavy atom. The molecule has 42 valence electrons. The first-order valence-corrected chi connectivity index (χ1v) is 4.90. The van der Waals surface area contributed by atoms with Crippen LogP contribution >= 0.6 is 0 Å². The van der Waals surface area contributed by atoms with Gasteiger partial charge in [-0.15, -0.1) is 0 Å². The van der Waals surface area contributed by atoms with Gasteiger partial charge in [-0.25, -0.2) is 0 Å². The third-order valence-electron chi connectivity index (χ3n) is 1.43. The van der Waals surface area contributed by atoms with Crippen LogP contribution in [0.3, 0.4) is 0 Å². The van der Waals surface area contributed by atoms with Gasteiger partial charge in [-0.05, 0) is 6.92 Å². The zero-order valence-corrected chi connectivity index (χ0v) is 6.31. The molecule has 0 atom stereocenters. The summed E-state index contributed by atoms with van der Waals surface area (Å²) in [6.45, 7) is 4.51. The molecule has 0 unspecified atom stereocenters. The topological polar surface area (TPSA) is 0 Å². The van der Waals surface area contributed by atoms with Crippen LogP contribution in [0.25, 0.3) is 0 Å². The van der Waals surface area contributed by atoms with Gasteiger partial charge in [0.15, 0.2) is 0 Å². The molecule has 0 aliphatic carbocycles. The molecule has 0 fully saturated rings. The van der Waals surface area contributed by atoms with Gasteiger partial charge < -0.3 is 0 Å². The van der Waals surface area contributed by atoms with Crippen LogP contribution in [0, 0.1) is 6.92 Å². The van der Waals surface area contributed by atoms with Crippen molar-refractivity contribution in [2.75, 3.05) is 0 Å². The summed E-state index contributed by atoms with van der Waals surface area (Å²) in [5.41, 5.74) is 2.31. The van der Waals surface area contributed by atoms with Crippen molar-refractivity contribution in [3.8, 4) is 0 Å². The summed E-state index contributed by atoms with van der Waals surface area (Å²) < 4.78 is 0. The standard InChI is InChI=1S/C7H10Si/c1-7-5-3-4-6-8(7)2/h3-6H,1-2H3. The van der Waals surface area contributed by atoms with Gasteiger partial charge in [0.2, 0.25) is 0 Å². The van der Waals surface area contributed by atoms with Gasteiger partial charge in [-0.3, -0.25) is 0 Å². The molecule has 1 heteroatoms. The zero-order chi connectivity index (χ0) is 5.98. The van der Waals surface area contributed by atoms with Gasteiger partial charge in [-0.1, -0.05) is 35.6 Å². The highest BCUT2D eigenvalue weighted by atomic mass is 28.2. The van der Waals surface area contributed by atoms with E-state index in [4.69, 9.17) is 0 Å². The van der Waals surface area contributed by atoms with E-state index >= 15 is 0 Å². The summed E-state index contributed by atoms with van der Waals surface area (Å²) in [7, 11) is -0.221. The lowest BCUT2D eigenvalue weighted by atomic mass is 10.5. The fraction of sp³-hybridized carbons (Fsp3) is 0.286. The Morgan fingerprint density at radius 2 is 2.12 bits per heavy atom.